The van der Waals surface area contributed by atoms with Crippen molar-refractivity contribution in [2.24, 2.45) is 0 Å². The van der Waals surface area contributed by atoms with Gasteiger partial charge >= 0.3 is 5.69 Å². The highest BCUT2D eigenvalue weighted by atomic mass is 32.1. The zero-order valence-electron chi connectivity index (χ0n) is 15.4. The van der Waals surface area contributed by atoms with Gasteiger partial charge in [0.25, 0.3) is 5.56 Å². The maximum absolute atomic E-state index is 12.3. The summed E-state index contributed by atoms with van der Waals surface area (Å²) >= 11 is 1.33. The number of nitrogens with one attached hydrogen (secondary N) is 2. The summed E-state index contributed by atoms with van der Waals surface area (Å²) in [7, 11) is 0. The number of unbranched alkanes of at least 4 members (excludes halogenated alkanes) is 2. The highest BCUT2D eigenvalue weighted by Gasteiger charge is 2.08. The van der Waals surface area contributed by atoms with Gasteiger partial charge in [-0.05, 0) is 44.6 Å². The highest BCUT2D eigenvalue weighted by Crippen LogP contribution is 2.12. The SMILES string of the molecule is CC(C)OCCCNC(=O)CCCCCn1c(=O)[nH]c2ccsc2c1=O. The van der Waals surface area contributed by atoms with Gasteiger partial charge in [0.15, 0.2) is 0 Å². The third-order valence-electron chi connectivity index (χ3n) is 3.97. The molecule has 2 aromatic heterocycles. The van der Waals surface area contributed by atoms with Crippen LogP contribution in [0.2, 0.25) is 0 Å². The number of nitrogens with zero attached hydrogens (tertiary/aromatic N) is 1. The lowest BCUT2D eigenvalue weighted by Gasteiger charge is -2.08. The molecule has 26 heavy (non-hydrogen) atoms. The summed E-state index contributed by atoms with van der Waals surface area (Å²) in [5.74, 6) is 0.0320. The van der Waals surface area contributed by atoms with Crippen LogP contribution in [0.1, 0.15) is 46.0 Å². The maximum atomic E-state index is 12.3. The van der Waals surface area contributed by atoms with Crippen molar-refractivity contribution in [1.29, 1.82) is 0 Å². The van der Waals surface area contributed by atoms with Crippen molar-refractivity contribution in [1.82, 2.24) is 14.9 Å². The number of rotatable bonds is 11. The van der Waals surface area contributed by atoms with E-state index in [0.29, 0.717) is 42.8 Å². The number of hydrogen-bond donors (Lipinski definition) is 2. The minimum absolute atomic E-state index is 0.0320. The zero-order valence-corrected chi connectivity index (χ0v) is 16.2. The van der Waals surface area contributed by atoms with Crippen molar-refractivity contribution in [3.8, 4) is 0 Å². The van der Waals surface area contributed by atoms with Crippen LogP contribution in [0.5, 0.6) is 0 Å². The van der Waals surface area contributed by atoms with Crippen LogP contribution in [0, 0.1) is 0 Å². The molecule has 7 nitrogen and oxygen atoms in total. The molecule has 2 N–H and O–H groups in total. The number of hydrogen-bond acceptors (Lipinski definition) is 5. The number of thiophene rings is 1. The van der Waals surface area contributed by atoms with Crippen LogP contribution < -0.4 is 16.6 Å². The number of carbonyl (C=O) groups excluding carboxylic acids is 1. The summed E-state index contributed by atoms with van der Waals surface area (Å²) < 4.78 is 7.23. The van der Waals surface area contributed by atoms with Gasteiger partial charge in [-0.3, -0.25) is 14.2 Å². The number of fused-ring (bicyclic) bond motifs is 1. The molecule has 0 aliphatic rings. The molecule has 0 spiro atoms. The molecule has 0 saturated heterocycles. The summed E-state index contributed by atoms with van der Waals surface area (Å²) in [4.78, 5) is 38.7. The van der Waals surface area contributed by atoms with E-state index in [-0.39, 0.29) is 23.3 Å². The van der Waals surface area contributed by atoms with Crippen molar-refractivity contribution in [2.45, 2.75) is 58.6 Å². The first kappa shape index (κ1) is 20.4. The Labute approximate surface area is 156 Å². The van der Waals surface area contributed by atoms with Crippen LogP contribution in [0.4, 0.5) is 0 Å². The molecular formula is C18H27N3O4S. The summed E-state index contributed by atoms with van der Waals surface area (Å²) in [5, 5.41) is 4.66. The van der Waals surface area contributed by atoms with E-state index in [1.165, 1.54) is 15.9 Å². The zero-order chi connectivity index (χ0) is 18.9. The van der Waals surface area contributed by atoms with Crippen molar-refractivity contribution >= 4 is 27.5 Å². The Balaban J connectivity index is 1.64. The molecule has 0 unspecified atom stereocenters. The Bertz CT molecular complexity index is 822. The molecule has 2 aromatic rings. The normalized spacial score (nSPS) is 11.3. The summed E-state index contributed by atoms with van der Waals surface area (Å²) in [6.45, 7) is 5.61. The average molecular weight is 381 g/mol. The summed E-state index contributed by atoms with van der Waals surface area (Å²) in [6.07, 6.45) is 3.70. The second kappa shape index (κ2) is 10.3. The predicted octanol–water partition coefficient (Wildman–Crippen LogP) is 2.24. The quantitative estimate of drug-likeness (QED) is 0.584. The summed E-state index contributed by atoms with van der Waals surface area (Å²) in [5.41, 5.74) is -0.0147. The van der Waals surface area contributed by atoms with Gasteiger partial charge in [0, 0.05) is 26.1 Å². The van der Waals surface area contributed by atoms with Crippen molar-refractivity contribution in [3.63, 3.8) is 0 Å². The second-order valence-corrected chi connectivity index (χ2v) is 7.40. The molecule has 1 amide bonds. The molecule has 0 aliphatic heterocycles. The lowest BCUT2D eigenvalue weighted by Crippen LogP contribution is -2.34. The van der Waals surface area contributed by atoms with Gasteiger partial charge in [-0.25, -0.2) is 4.79 Å². The lowest BCUT2D eigenvalue weighted by molar-refractivity contribution is -0.121. The second-order valence-electron chi connectivity index (χ2n) is 6.48. The Morgan fingerprint density at radius 1 is 1.27 bits per heavy atom. The van der Waals surface area contributed by atoms with Crippen LogP contribution in [0.15, 0.2) is 21.0 Å². The Morgan fingerprint density at radius 3 is 2.85 bits per heavy atom. The molecular weight excluding hydrogens is 354 g/mol. The molecule has 0 saturated carbocycles. The van der Waals surface area contributed by atoms with Crippen LogP contribution >= 0.6 is 11.3 Å². The fraction of sp³-hybridized carbons (Fsp3) is 0.611. The molecule has 0 aliphatic carbocycles. The fourth-order valence-corrected chi connectivity index (χ4v) is 3.41. The molecule has 0 atom stereocenters. The third-order valence-corrected chi connectivity index (χ3v) is 4.87. The van der Waals surface area contributed by atoms with E-state index >= 15 is 0 Å². The van der Waals surface area contributed by atoms with Crippen molar-refractivity contribution in [2.75, 3.05) is 13.2 Å². The van der Waals surface area contributed by atoms with Crippen molar-refractivity contribution < 1.29 is 9.53 Å². The van der Waals surface area contributed by atoms with Gasteiger partial charge in [-0.2, -0.15) is 0 Å². The van der Waals surface area contributed by atoms with Crippen LogP contribution in [0.3, 0.4) is 0 Å². The molecule has 0 aromatic carbocycles. The molecule has 2 rings (SSSR count). The number of carbonyl (C=O) groups is 1. The van der Waals surface area contributed by atoms with Gasteiger partial charge in [0.2, 0.25) is 5.91 Å². The molecule has 0 radical (unpaired) electrons. The fourth-order valence-electron chi connectivity index (χ4n) is 2.61. The van der Waals surface area contributed by atoms with Crippen LogP contribution in [0.25, 0.3) is 10.2 Å². The van der Waals surface area contributed by atoms with Crippen LogP contribution in [-0.2, 0) is 16.1 Å². The molecule has 8 heteroatoms. The number of amides is 1. The molecule has 0 bridgehead atoms. The highest BCUT2D eigenvalue weighted by molar-refractivity contribution is 7.17. The summed E-state index contributed by atoms with van der Waals surface area (Å²) in [6, 6.07) is 1.74. The standard InChI is InChI=1S/C18H27N3O4S/c1-13(2)25-11-6-9-19-15(22)7-4-3-5-10-21-17(23)16-14(8-12-26-16)20-18(21)24/h8,12-13H,3-7,9-11H2,1-2H3,(H,19,22)(H,20,24). The maximum Gasteiger partial charge on any atom is 0.328 e. The number of aromatic amines is 1. The predicted molar refractivity (Wildman–Crippen MR) is 104 cm³/mol. The average Bonchev–Trinajstić information content (AvgIpc) is 3.05. The minimum Gasteiger partial charge on any atom is -0.379 e. The number of aromatic nitrogens is 2. The Hall–Kier alpha value is -1.93. The first-order valence-electron chi connectivity index (χ1n) is 9.07. The largest absolute Gasteiger partial charge is 0.379 e. The topological polar surface area (TPSA) is 93.2 Å². The van der Waals surface area contributed by atoms with Gasteiger partial charge in [0.05, 0.1) is 11.6 Å². The van der Waals surface area contributed by atoms with E-state index in [1.54, 1.807) is 11.4 Å². The van der Waals surface area contributed by atoms with E-state index in [4.69, 9.17) is 4.74 Å². The van der Waals surface area contributed by atoms with Gasteiger partial charge < -0.3 is 15.0 Å². The van der Waals surface area contributed by atoms with Gasteiger partial charge in [-0.15, -0.1) is 11.3 Å². The smallest absolute Gasteiger partial charge is 0.328 e. The first-order chi connectivity index (χ1) is 12.5. The first-order valence-corrected chi connectivity index (χ1v) is 9.95. The number of H-pyrrole nitrogens is 1. The lowest BCUT2D eigenvalue weighted by atomic mass is 10.2. The van der Waals surface area contributed by atoms with E-state index in [9.17, 15) is 14.4 Å². The van der Waals surface area contributed by atoms with Crippen LogP contribution in [-0.4, -0.2) is 34.7 Å². The Morgan fingerprint density at radius 2 is 2.08 bits per heavy atom. The van der Waals surface area contributed by atoms with Gasteiger partial charge in [-0.1, -0.05) is 6.42 Å². The van der Waals surface area contributed by atoms with Gasteiger partial charge in [0.1, 0.15) is 4.70 Å². The number of ether oxygens (including phenoxy) is 1. The van der Waals surface area contributed by atoms with Crippen molar-refractivity contribution in [3.05, 3.63) is 32.3 Å². The molecule has 0 fully saturated rings. The monoisotopic (exact) mass is 381 g/mol. The van der Waals surface area contributed by atoms with E-state index in [1.807, 2.05) is 13.8 Å². The molecule has 144 valence electrons. The Kier molecular flexibility index (Phi) is 8.06. The van der Waals surface area contributed by atoms with E-state index < -0.39 is 0 Å². The van der Waals surface area contributed by atoms with E-state index in [0.717, 1.165) is 19.3 Å². The third kappa shape index (κ3) is 6.10. The minimum atomic E-state index is -0.373. The van der Waals surface area contributed by atoms with E-state index in [2.05, 4.69) is 10.3 Å². The molecule has 2 heterocycles.